The van der Waals surface area contributed by atoms with E-state index in [4.69, 9.17) is 10.5 Å². The van der Waals surface area contributed by atoms with E-state index in [2.05, 4.69) is 0 Å². The molecule has 1 aliphatic rings. The standard InChI is InChI=1S/C9H6N2/c10-7-9(8-11)5-3-1-2-4-6-9/h1-6H. The lowest BCUT2D eigenvalue weighted by Crippen LogP contribution is -2.07. The average molecular weight is 142 g/mol. The minimum Gasteiger partial charge on any atom is -0.196 e. The predicted molar refractivity (Wildman–Crippen MR) is 41.1 cm³/mol. The van der Waals surface area contributed by atoms with Crippen molar-refractivity contribution < 1.29 is 0 Å². The van der Waals surface area contributed by atoms with E-state index in [0.29, 0.717) is 0 Å². The lowest BCUT2D eigenvalue weighted by molar-refractivity contribution is 0.859. The highest BCUT2D eigenvalue weighted by Crippen LogP contribution is 2.20. The fraction of sp³-hybridized carbons (Fsp3) is 0.111. The molecule has 0 unspecified atom stereocenters. The van der Waals surface area contributed by atoms with Gasteiger partial charge in [0, 0.05) is 0 Å². The molecule has 0 N–H and O–H groups in total. The third-order valence-electron chi connectivity index (χ3n) is 1.42. The van der Waals surface area contributed by atoms with Crippen molar-refractivity contribution in [2.75, 3.05) is 0 Å². The van der Waals surface area contributed by atoms with Crippen LogP contribution in [0.25, 0.3) is 0 Å². The molecule has 1 rings (SSSR count). The van der Waals surface area contributed by atoms with Crippen LogP contribution in [0.2, 0.25) is 0 Å². The fourth-order valence-electron chi connectivity index (χ4n) is 0.773. The van der Waals surface area contributed by atoms with Gasteiger partial charge in [0.25, 0.3) is 0 Å². The summed E-state index contributed by atoms with van der Waals surface area (Å²) in [6.07, 6.45) is 10.1. The molecule has 0 saturated heterocycles. The minimum absolute atomic E-state index is 1.07. The van der Waals surface area contributed by atoms with Crippen molar-refractivity contribution in [3.05, 3.63) is 36.5 Å². The lowest BCUT2D eigenvalue weighted by atomic mass is 9.92. The van der Waals surface area contributed by atoms with E-state index in [1.54, 1.807) is 36.5 Å². The zero-order chi connectivity index (χ0) is 8.16. The van der Waals surface area contributed by atoms with Crippen LogP contribution in [0.15, 0.2) is 36.5 Å². The van der Waals surface area contributed by atoms with Crippen molar-refractivity contribution in [3.8, 4) is 12.1 Å². The van der Waals surface area contributed by atoms with Crippen molar-refractivity contribution in [3.63, 3.8) is 0 Å². The molecule has 2 heteroatoms. The maximum atomic E-state index is 8.66. The van der Waals surface area contributed by atoms with Crippen molar-refractivity contribution in [1.29, 1.82) is 10.5 Å². The second kappa shape index (κ2) is 2.86. The van der Waals surface area contributed by atoms with Crippen LogP contribution in [-0.2, 0) is 0 Å². The predicted octanol–water partition coefficient (Wildman–Crippen LogP) is 1.70. The van der Waals surface area contributed by atoms with Gasteiger partial charge in [-0.05, 0) is 12.2 Å². The molecule has 0 aromatic carbocycles. The van der Waals surface area contributed by atoms with Gasteiger partial charge in [-0.2, -0.15) is 10.5 Å². The highest BCUT2D eigenvalue weighted by molar-refractivity contribution is 5.37. The van der Waals surface area contributed by atoms with Gasteiger partial charge >= 0.3 is 0 Å². The average Bonchev–Trinajstić information content (AvgIpc) is 2.30. The van der Waals surface area contributed by atoms with Crippen LogP contribution >= 0.6 is 0 Å². The Morgan fingerprint density at radius 3 is 1.64 bits per heavy atom. The Hall–Kier alpha value is -1.80. The van der Waals surface area contributed by atoms with Gasteiger partial charge in [0.1, 0.15) is 0 Å². The topological polar surface area (TPSA) is 47.6 Å². The summed E-state index contributed by atoms with van der Waals surface area (Å²) in [6.45, 7) is 0. The Balaban J connectivity index is 3.08. The molecular formula is C9H6N2. The van der Waals surface area contributed by atoms with E-state index >= 15 is 0 Å². The van der Waals surface area contributed by atoms with Crippen molar-refractivity contribution in [1.82, 2.24) is 0 Å². The van der Waals surface area contributed by atoms with Crippen LogP contribution in [-0.4, -0.2) is 0 Å². The summed E-state index contributed by atoms with van der Waals surface area (Å²) in [7, 11) is 0. The Morgan fingerprint density at radius 2 is 1.27 bits per heavy atom. The number of rotatable bonds is 0. The molecule has 0 amide bonds. The summed E-state index contributed by atoms with van der Waals surface area (Å²) in [5.74, 6) is 0. The van der Waals surface area contributed by atoms with E-state index in [1.165, 1.54) is 0 Å². The summed E-state index contributed by atoms with van der Waals surface area (Å²) < 4.78 is 0. The van der Waals surface area contributed by atoms with Crippen LogP contribution < -0.4 is 0 Å². The quantitative estimate of drug-likeness (QED) is 0.516. The lowest BCUT2D eigenvalue weighted by Gasteiger charge is -2.04. The molecule has 0 aromatic heterocycles. The van der Waals surface area contributed by atoms with Gasteiger partial charge in [0.15, 0.2) is 5.41 Å². The maximum Gasteiger partial charge on any atom is 0.180 e. The van der Waals surface area contributed by atoms with Crippen LogP contribution in [0.3, 0.4) is 0 Å². The largest absolute Gasteiger partial charge is 0.196 e. The van der Waals surface area contributed by atoms with Crippen LogP contribution in [0.1, 0.15) is 0 Å². The van der Waals surface area contributed by atoms with E-state index < -0.39 is 5.41 Å². The van der Waals surface area contributed by atoms with E-state index in [9.17, 15) is 0 Å². The molecule has 11 heavy (non-hydrogen) atoms. The zero-order valence-corrected chi connectivity index (χ0v) is 5.86. The van der Waals surface area contributed by atoms with Gasteiger partial charge in [0.2, 0.25) is 0 Å². The van der Waals surface area contributed by atoms with E-state index in [-0.39, 0.29) is 0 Å². The van der Waals surface area contributed by atoms with Gasteiger partial charge in [-0.15, -0.1) is 0 Å². The summed E-state index contributed by atoms with van der Waals surface area (Å²) in [4.78, 5) is 0. The fourth-order valence-corrected chi connectivity index (χ4v) is 0.773. The van der Waals surface area contributed by atoms with Crippen LogP contribution in [0.4, 0.5) is 0 Å². The minimum atomic E-state index is -1.07. The second-order valence-electron chi connectivity index (χ2n) is 2.20. The van der Waals surface area contributed by atoms with Gasteiger partial charge in [0.05, 0.1) is 12.1 Å². The second-order valence-corrected chi connectivity index (χ2v) is 2.20. The van der Waals surface area contributed by atoms with Gasteiger partial charge < -0.3 is 0 Å². The number of nitrogens with zero attached hydrogens (tertiary/aromatic N) is 2. The highest BCUT2D eigenvalue weighted by Gasteiger charge is 2.22. The molecule has 0 aromatic rings. The molecule has 0 atom stereocenters. The van der Waals surface area contributed by atoms with Crippen LogP contribution in [0.5, 0.6) is 0 Å². The number of nitriles is 2. The zero-order valence-electron chi connectivity index (χ0n) is 5.86. The van der Waals surface area contributed by atoms with Crippen molar-refractivity contribution >= 4 is 0 Å². The summed E-state index contributed by atoms with van der Waals surface area (Å²) in [5.41, 5.74) is -1.07. The molecule has 0 bridgehead atoms. The molecule has 0 radical (unpaired) electrons. The Labute approximate surface area is 65.4 Å². The molecule has 0 heterocycles. The van der Waals surface area contributed by atoms with Crippen LogP contribution in [0, 0.1) is 28.1 Å². The summed E-state index contributed by atoms with van der Waals surface area (Å²) in [6, 6.07) is 3.86. The van der Waals surface area contributed by atoms with Crippen molar-refractivity contribution in [2.45, 2.75) is 0 Å². The maximum absolute atomic E-state index is 8.66. The Kier molecular flexibility index (Phi) is 1.90. The van der Waals surface area contributed by atoms with E-state index in [1.807, 2.05) is 12.1 Å². The molecule has 1 aliphatic carbocycles. The van der Waals surface area contributed by atoms with Gasteiger partial charge in [-0.3, -0.25) is 0 Å². The molecule has 0 saturated carbocycles. The molecule has 0 spiro atoms. The number of hydrogen-bond donors (Lipinski definition) is 0. The number of hydrogen-bond acceptors (Lipinski definition) is 2. The monoisotopic (exact) mass is 142 g/mol. The first-order valence-corrected chi connectivity index (χ1v) is 3.19. The number of allylic oxidation sites excluding steroid dienone is 6. The first-order valence-electron chi connectivity index (χ1n) is 3.19. The third kappa shape index (κ3) is 1.36. The smallest absolute Gasteiger partial charge is 0.180 e. The molecule has 52 valence electrons. The first-order chi connectivity index (χ1) is 5.33. The normalized spacial score (nSPS) is 18.4. The summed E-state index contributed by atoms with van der Waals surface area (Å²) >= 11 is 0. The molecule has 2 nitrogen and oxygen atoms in total. The molecular weight excluding hydrogens is 136 g/mol. The van der Waals surface area contributed by atoms with E-state index in [0.717, 1.165) is 0 Å². The Morgan fingerprint density at radius 1 is 0.818 bits per heavy atom. The summed E-state index contributed by atoms with van der Waals surface area (Å²) in [5, 5.41) is 17.3. The first kappa shape index (κ1) is 7.31. The highest BCUT2D eigenvalue weighted by atomic mass is 14.4. The van der Waals surface area contributed by atoms with Crippen molar-refractivity contribution in [2.24, 2.45) is 5.41 Å². The van der Waals surface area contributed by atoms with Gasteiger partial charge in [-0.25, -0.2) is 0 Å². The Bertz CT molecular complexity index is 275. The SMILES string of the molecule is N#CC1(C#N)C=CC=CC=C1. The third-order valence-corrected chi connectivity index (χ3v) is 1.42. The van der Waals surface area contributed by atoms with Gasteiger partial charge in [-0.1, -0.05) is 24.3 Å². The molecule has 0 fully saturated rings. The molecule has 0 aliphatic heterocycles.